The molecule has 134 valence electrons. The van der Waals surface area contributed by atoms with Gasteiger partial charge in [-0.25, -0.2) is 0 Å². The van der Waals surface area contributed by atoms with Crippen LogP contribution in [0.15, 0.2) is 47.8 Å². The Hall–Kier alpha value is -1.89. The maximum Gasteiger partial charge on any atom is 0.261 e. The monoisotopic (exact) mass is 379 g/mol. The highest BCUT2D eigenvalue weighted by Crippen LogP contribution is 2.26. The number of nitrogens with two attached hydrogens (primary N) is 1. The second-order valence-corrected chi connectivity index (χ2v) is 7.04. The van der Waals surface area contributed by atoms with Crippen LogP contribution in [0.5, 0.6) is 0 Å². The molecule has 5 nitrogen and oxygen atoms in total. The Morgan fingerprint density at radius 2 is 1.92 bits per heavy atom. The van der Waals surface area contributed by atoms with Crippen molar-refractivity contribution in [3.05, 3.63) is 58.3 Å². The minimum absolute atomic E-state index is 0. The van der Waals surface area contributed by atoms with Gasteiger partial charge in [-0.05, 0) is 23.9 Å². The van der Waals surface area contributed by atoms with E-state index in [0.717, 1.165) is 5.56 Å². The van der Waals surface area contributed by atoms with Crippen molar-refractivity contribution in [3.63, 3.8) is 0 Å². The summed E-state index contributed by atoms with van der Waals surface area (Å²) in [5, 5.41) is 4.61. The van der Waals surface area contributed by atoms with Crippen molar-refractivity contribution >= 4 is 35.6 Å². The lowest BCUT2D eigenvalue weighted by molar-refractivity contribution is -0.131. The van der Waals surface area contributed by atoms with E-state index in [1.165, 1.54) is 11.3 Å². The Morgan fingerprint density at radius 1 is 1.20 bits per heavy atom. The van der Waals surface area contributed by atoms with Crippen LogP contribution in [0.1, 0.15) is 28.1 Å². The van der Waals surface area contributed by atoms with Crippen molar-refractivity contribution in [1.82, 2.24) is 10.2 Å². The van der Waals surface area contributed by atoms with Gasteiger partial charge in [0.05, 0.1) is 4.88 Å². The average molecular weight is 380 g/mol. The molecule has 1 aromatic heterocycles. The molecule has 7 heteroatoms. The van der Waals surface area contributed by atoms with Gasteiger partial charge in [-0.3, -0.25) is 9.59 Å². The predicted molar refractivity (Wildman–Crippen MR) is 102 cm³/mol. The summed E-state index contributed by atoms with van der Waals surface area (Å²) >= 11 is 1.36. The Kier molecular flexibility index (Phi) is 6.58. The first-order valence-electron chi connectivity index (χ1n) is 8.00. The topological polar surface area (TPSA) is 75.4 Å². The minimum Gasteiger partial charge on any atom is -0.340 e. The van der Waals surface area contributed by atoms with Crippen LogP contribution in [0.2, 0.25) is 0 Å². The van der Waals surface area contributed by atoms with Crippen LogP contribution in [0.4, 0.5) is 0 Å². The standard InChI is InChI=1S/C18H21N3O2S.ClH/c1-12(20-17(22)16-8-5-9-24-16)18(23)21-10-14(15(19)11-21)13-6-3-2-4-7-13;/h2-9,12,14-15H,10-11,19H2,1H3,(H,20,22);1H/t12?,14-,15+;/m0./s1. The van der Waals surface area contributed by atoms with Crippen LogP contribution in [0.3, 0.4) is 0 Å². The number of nitrogens with zero attached hydrogens (tertiary/aromatic N) is 1. The first-order chi connectivity index (χ1) is 11.6. The zero-order chi connectivity index (χ0) is 17.1. The number of halogens is 1. The first kappa shape index (κ1) is 19.4. The third kappa shape index (κ3) is 4.39. The molecule has 25 heavy (non-hydrogen) atoms. The first-order valence-corrected chi connectivity index (χ1v) is 8.88. The van der Waals surface area contributed by atoms with Gasteiger partial charge >= 0.3 is 0 Å². The molecule has 1 unspecified atom stereocenters. The molecule has 1 aromatic carbocycles. The van der Waals surface area contributed by atoms with Gasteiger partial charge in [-0.2, -0.15) is 0 Å². The number of likely N-dealkylation sites (tertiary alicyclic amines) is 1. The summed E-state index contributed by atoms with van der Waals surface area (Å²) < 4.78 is 0. The molecule has 1 aliphatic heterocycles. The molecule has 3 N–H and O–H groups in total. The van der Waals surface area contributed by atoms with Gasteiger partial charge in [0.1, 0.15) is 6.04 Å². The smallest absolute Gasteiger partial charge is 0.261 e. The second-order valence-electron chi connectivity index (χ2n) is 6.10. The number of carbonyl (C=O) groups excluding carboxylic acids is 2. The zero-order valence-corrected chi connectivity index (χ0v) is 15.6. The van der Waals surface area contributed by atoms with Gasteiger partial charge in [0, 0.05) is 25.0 Å². The molecule has 2 amide bonds. The van der Waals surface area contributed by atoms with E-state index in [0.29, 0.717) is 18.0 Å². The van der Waals surface area contributed by atoms with Crippen LogP contribution >= 0.6 is 23.7 Å². The number of hydrogen-bond acceptors (Lipinski definition) is 4. The molecule has 1 fully saturated rings. The Bertz CT molecular complexity index is 708. The lowest BCUT2D eigenvalue weighted by Crippen LogP contribution is -2.46. The molecule has 0 radical (unpaired) electrons. The summed E-state index contributed by atoms with van der Waals surface area (Å²) in [6, 6.07) is 12.9. The van der Waals surface area contributed by atoms with Crippen molar-refractivity contribution < 1.29 is 9.59 Å². The molecule has 0 spiro atoms. The fourth-order valence-corrected chi connectivity index (χ4v) is 3.70. The summed E-state index contributed by atoms with van der Waals surface area (Å²) in [6.45, 7) is 2.82. The van der Waals surface area contributed by atoms with Crippen molar-refractivity contribution in [1.29, 1.82) is 0 Å². The van der Waals surface area contributed by atoms with Crippen LogP contribution in [0, 0.1) is 0 Å². The predicted octanol–water partition coefficient (Wildman–Crippen LogP) is 2.24. The van der Waals surface area contributed by atoms with Crippen molar-refractivity contribution in [2.24, 2.45) is 5.73 Å². The van der Waals surface area contributed by atoms with Crippen molar-refractivity contribution in [3.8, 4) is 0 Å². The Labute approximate surface area is 157 Å². The number of rotatable bonds is 4. The van der Waals surface area contributed by atoms with Crippen LogP contribution in [-0.4, -0.2) is 41.9 Å². The molecule has 0 bridgehead atoms. The molecule has 3 rings (SSSR count). The third-order valence-electron chi connectivity index (χ3n) is 4.37. The third-order valence-corrected chi connectivity index (χ3v) is 5.24. The normalized spacial score (nSPS) is 20.6. The molecule has 1 saturated heterocycles. The molecule has 2 heterocycles. The number of nitrogens with one attached hydrogen (secondary N) is 1. The summed E-state index contributed by atoms with van der Waals surface area (Å²) in [7, 11) is 0. The lowest BCUT2D eigenvalue weighted by Gasteiger charge is -2.21. The van der Waals surface area contributed by atoms with Crippen molar-refractivity contribution in [2.45, 2.75) is 24.9 Å². The van der Waals surface area contributed by atoms with E-state index in [2.05, 4.69) is 5.32 Å². The molecule has 1 aliphatic rings. The van der Waals surface area contributed by atoms with E-state index in [9.17, 15) is 9.59 Å². The number of benzene rings is 1. The minimum atomic E-state index is -0.568. The van der Waals surface area contributed by atoms with Gasteiger partial charge in [-0.1, -0.05) is 36.4 Å². The van der Waals surface area contributed by atoms with Crippen LogP contribution in [0.25, 0.3) is 0 Å². The molecule has 2 aromatic rings. The van der Waals surface area contributed by atoms with Crippen LogP contribution in [-0.2, 0) is 4.79 Å². The number of thiophene rings is 1. The largest absolute Gasteiger partial charge is 0.340 e. The fraction of sp³-hybridized carbons (Fsp3) is 0.333. The Morgan fingerprint density at radius 3 is 2.56 bits per heavy atom. The van der Waals surface area contributed by atoms with E-state index >= 15 is 0 Å². The number of hydrogen-bond donors (Lipinski definition) is 2. The zero-order valence-electron chi connectivity index (χ0n) is 13.9. The molecule has 3 atom stereocenters. The fourth-order valence-electron chi connectivity index (χ4n) is 3.07. The Balaban J connectivity index is 0.00000225. The average Bonchev–Trinajstić information content (AvgIpc) is 3.24. The quantitative estimate of drug-likeness (QED) is 0.855. The van der Waals surface area contributed by atoms with Gasteiger partial charge in [0.25, 0.3) is 5.91 Å². The highest BCUT2D eigenvalue weighted by atomic mass is 35.5. The maximum atomic E-state index is 12.6. The summed E-state index contributed by atoms with van der Waals surface area (Å²) in [6.07, 6.45) is 0. The summed E-state index contributed by atoms with van der Waals surface area (Å²) in [4.78, 5) is 27.1. The summed E-state index contributed by atoms with van der Waals surface area (Å²) in [5.41, 5.74) is 7.39. The molecular weight excluding hydrogens is 358 g/mol. The van der Waals surface area contributed by atoms with Gasteiger partial charge < -0.3 is 16.0 Å². The number of amides is 2. The van der Waals surface area contributed by atoms with E-state index < -0.39 is 6.04 Å². The van der Waals surface area contributed by atoms with E-state index in [1.54, 1.807) is 17.9 Å². The second kappa shape index (κ2) is 8.47. The van der Waals surface area contributed by atoms with Gasteiger partial charge in [0.2, 0.25) is 5.91 Å². The number of carbonyl (C=O) groups is 2. The summed E-state index contributed by atoms with van der Waals surface area (Å²) in [5.74, 6) is -0.168. The molecular formula is C18H22ClN3O2S. The highest BCUT2D eigenvalue weighted by molar-refractivity contribution is 7.12. The van der Waals surface area contributed by atoms with Gasteiger partial charge in [-0.15, -0.1) is 23.7 Å². The van der Waals surface area contributed by atoms with E-state index in [4.69, 9.17) is 5.73 Å². The van der Waals surface area contributed by atoms with Crippen LogP contribution < -0.4 is 11.1 Å². The molecule has 0 saturated carbocycles. The lowest BCUT2D eigenvalue weighted by atomic mass is 9.95. The maximum absolute atomic E-state index is 12.6. The van der Waals surface area contributed by atoms with E-state index in [-0.39, 0.29) is 36.2 Å². The molecule has 0 aliphatic carbocycles. The van der Waals surface area contributed by atoms with E-state index in [1.807, 2.05) is 41.8 Å². The SMILES string of the molecule is CC(NC(=O)c1cccs1)C(=O)N1C[C@@H](N)[C@H](c2ccccc2)C1.Cl. The van der Waals surface area contributed by atoms with Gasteiger partial charge in [0.15, 0.2) is 0 Å². The highest BCUT2D eigenvalue weighted by Gasteiger charge is 2.35. The van der Waals surface area contributed by atoms with Crippen molar-refractivity contribution in [2.75, 3.05) is 13.1 Å².